The summed E-state index contributed by atoms with van der Waals surface area (Å²) in [6.07, 6.45) is 2.38. The Morgan fingerprint density at radius 3 is 2.44 bits per heavy atom. The van der Waals surface area contributed by atoms with Crippen LogP contribution in [0.15, 0.2) is 33.7 Å². The summed E-state index contributed by atoms with van der Waals surface area (Å²) in [5, 5.41) is 6.12. The van der Waals surface area contributed by atoms with E-state index < -0.39 is 28.0 Å². The highest BCUT2D eigenvalue weighted by atomic mass is 32.2. The first kappa shape index (κ1) is 23.7. The third kappa shape index (κ3) is 5.46. The number of hydrogen-bond donors (Lipinski definition) is 1. The van der Waals surface area contributed by atoms with E-state index in [1.807, 2.05) is 0 Å². The Kier molecular flexibility index (Phi) is 7.52. The largest absolute Gasteiger partial charge is 0.496 e. The topological polar surface area (TPSA) is 128 Å². The van der Waals surface area contributed by atoms with Crippen molar-refractivity contribution >= 4 is 27.8 Å². The lowest BCUT2D eigenvalue weighted by Crippen LogP contribution is -2.32. The van der Waals surface area contributed by atoms with E-state index in [1.165, 1.54) is 42.6 Å². The summed E-state index contributed by atoms with van der Waals surface area (Å²) in [4.78, 5) is 25.1. The zero-order valence-electron chi connectivity index (χ0n) is 18.3. The molecule has 1 aliphatic rings. The summed E-state index contributed by atoms with van der Waals surface area (Å²) in [6, 6.07) is 5.56. The van der Waals surface area contributed by atoms with Gasteiger partial charge in [-0.25, -0.2) is 13.2 Å². The van der Waals surface area contributed by atoms with E-state index in [9.17, 15) is 18.0 Å². The molecule has 0 bridgehead atoms. The molecule has 2 aromatic rings. The normalized spacial score (nSPS) is 16.1. The molecule has 2 heterocycles. The average molecular weight is 466 g/mol. The van der Waals surface area contributed by atoms with E-state index in [-0.39, 0.29) is 22.1 Å². The van der Waals surface area contributed by atoms with E-state index in [0.29, 0.717) is 18.8 Å². The van der Waals surface area contributed by atoms with E-state index in [1.54, 1.807) is 6.92 Å². The van der Waals surface area contributed by atoms with E-state index in [0.717, 1.165) is 25.7 Å². The number of carbonyl (C=O) groups excluding carboxylic acids is 2. The van der Waals surface area contributed by atoms with Crippen LogP contribution < -0.4 is 10.1 Å². The molecular formula is C21H27N3O7S. The Balaban J connectivity index is 1.78. The molecule has 1 fully saturated rings. The summed E-state index contributed by atoms with van der Waals surface area (Å²) >= 11 is 0. The standard InChI is InChI=1S/C21H27N3O7S/c1-14-12-19(31-23-14)22-20(25)15(2)30-21(26)17-13-16(8-9-18(17)29-3)32(27,28)24-10-6-4-5-7-11-24/h8-9,12-13,15H,4-7,10-11H2,1-3H3,(H,22,25)/t15-/m1/s1. The van der Waals surface area contributed by atoms with Crippen LogP contribution in [0.25, 0.3) is 0 Å². The van der Waals surface area contributed by atoms with Crippen LogP contribution in [0.2, 0.25) is 0 Å². The highest BCUT2D eigenvalue weighted by molar-refractivity contribution is 7.89. The molecule has 174 valence electrons. The maximum absolute atomic E-state index is 13.1. The van der Waals surface area contributed by atoms with Crippen LogP contribution in [-0.4, -0.2) is 56.1 Å². The van der Waals surface area contributed by atoms with Crippen molar-refractivity contribution in [1.82, 2.24) is 9.46 Å². The van der Waals surface area contributed by atoms with Gasteiger partial charge in [0.05, 0.1) is 17.7 Å². The fourth-order valence-corrected chi connectivity index (χ4v) is 4.91. The number of nitrogens with one attached hydrogen (secondary N) is 1. The number of hydrogen-bond acceptors (Lipinski definition) is 8. The minimum Gasteiger partial charge on any atom is -0.496 e. The second-order valence-electron chi connectivity index (χ2n) is 7.55. The van der Waals surface area contributed by atoms with Gasteiger partial charge >= 0.3 is 5.97 Å². The highest BCUT2D eigenvalue weighted by Gasteiger charge is 2.28. The zero-order valence-corrected chi connectivity index (χ0v) is 19.1. The minimum absolute atomic E-state index is 0.0265. The van der Waals surface area contributed by atoms with Crippen LogP contribution in [-0.2, 0) is 19.6 Å². The molecule has 1 saturated heterocycles. The molecule has 1 atom stereocenters. The Hall–Kier alpha value is -2.92. The molecule has 1 N–H and O–H groups in total. The number of nitrogens with zero attached hydrogens (tertiary/aromatic N) is 2. The summed E-state index contributed by atoms with van der Waals surface area (Å²) in [7, 11) is -2.42. The van der Waals surface area contributed by atoms with Crippen molar-refractivity contribution in [2.24, 2.45) is 0 Å². The first-order valence-corrected chi connectivity index (χ1v) is 11.8. The SMILES string of the molecule is COc1ccc(S(=O)(=O)N2CCCCCC2)cc1C(=O)O[C@H](C)C(=O)Nc1cc(C)no1. The number of rotatable bonds is 7. The molecule has 0 saturated carbocycles. The number of benzene rings is 1. The predicted molar refractivity (Wildman–Crippen MR) is 115 cm³/mol. The number of carbonyl (C=O) groups is 2. The van der Waals surface area contributed by atoms with Crippen molar-refractivity contribution in [1.29, 1.82) is 0 Å². The van der Waals surface area contributed by atoms with Gasteiger partial charge in [0.15, 0.2) is 6.10 Å². The van der Waals surface area contributed by atoms with Crippen molar-refractivity contribution in [3.8, 4) is 5.75 Å². The van der Waals surface area contributed by atoms with Crippen LogP contribution in [0.4, 0.5) is 5.88 Å². The van der Waals surface area contributed by atoms with Gasteiger partial charge in [0.25, 0.3) is 5.91 Å². The number of sulfonamides is 1. The smallest absolute Gasteiger partial charge is 0.342 e. The molecule has 11 heteroatoms. The van der Waals surface area contributed by atoms with Crippen LogP contribution in [0, 0.1) is 6.92 Å². The summed E-state index contributed by atoms with van der Waals surface area (Å²) in [6.45, 7) is 3.96. The van der Waals surface area contributed by atoms with E-state index >= 15 is 0 Å². The number of aromatic nitrogens is 1. The van der Waals surface area contributed by atoms with Gasteiger partial charge in [-0.1, -0.05) is 18.0 Å². The minimum atomic E-state index is -3.78. The lowest BCUT2D eigenvalue weighted by atomic mass is 10.2. The maximum Gasteiger partial charge on any atom is 0.342 e. The van der Waals surface area contributed by atoms with Crippen LogP contribution >= 0.6 is 0 Å². The first-order valence-electron chi connectivity index (χ1n) is 10.4. The Labute approximate surface area is 186 Å². The van der Waals surface area contributed by atoms with Crippen molar-refractivity contribution < 1.29 is 32.0 Å². The molecule has 0 spiro atoms. The molecule has 1 aromatic carbocycles. The molecule has 32 heavy (non-hydrogen) atoms. The lowest BCUT2D eigenvalue weighted by molar-refractivity contribution is -0.123. The quantitative estimate of drug-likeness (QED) is 0.618. The van der Waals surface area contributed by atoms with Crippen LogP contribution in [0.3, 0.4) is 0 Å². The highest BCUT2D eigenvalue weighted by Crippen LogP contribution is 2.27. The van der Waals surface area contributed by atoms with Crippen molar-refractivity contribution in [2.45, 2.75) is 50.5 Å². The van der Waals surface area contributed by atoms with E-state index in [4.69, 9.17) is 14.0 Å². The number of methoxy groups -OCH3 is 1. The fraction of sp³-hybridized carbons (Fsp3) is 0.476. The number of amides is 1. The average Bonchev–Trinajstić information content (AvgIpc) is 3.00. The van der Waals surface area contributed by atoms with Crippen molar-refractivity contribution in [2.75, 3.05) is 25.5 Å². The van der Waals surface area contributed by atoms with Gasteiger partial charge in [-0.2, -0.15) is 4.31 Å². The number of esters is 1. The van der Waals surface area contributed by atoms with Gasteiger partial charge < -0.3 is 14.0 Å². The van der Waals surface area contributed by atoms with E-state index in [2.05, 4.69) is 10.5 Å². The molecule has 0 unspecified atom stereocenters. The second kappa shape index (κ2) is 10.1. The molecule has 3 rings (SSSR count). The van der Waals surface area contributed by atoms with Gasteiger partial charge in [0.1, 0.15) is 11.3 Å². The molecular weight excluding hydrogens is 438 g/mol. The molecule has 0 aliphatic carbocycles. The zero-order chi connectivity index (χ0) is 23.3. The Bertz CT molecular complexity index is 1070. The molecule has 1 aliphatic heterocycles. The van der Waals surface area contributed by atoms with Crippen molar-refractivity contribution in [3.05, 3.63) is 35.5 Å². The predicted octanol–water partition coefficient (Wildman–Crippen LogP) is 2.74. The first-order chi connectivity index (χ1) is 15.2. The van der Waals surface area contributed by atoms with Crippen LogP contribution in [0.1, 0.15) is 48.7 Å². The maximum atomic E-state index is 13.1. The Morgan fingerprint density at radius 1 is 1.16 bits per heavy atom. The second-order valence-corrected chi connectivity index (χ2v) is 9.49. The Morgan fingerprint density at radius 2 is 1.84 bits per heavy atom. The molecule has 1 aromatic heterocycles. The molecule has 0 radical (unpaired) electrons. The third-order valence-corrected chi connectivity index (χ3v) is 7.02. The third-order valence-electron chi connectivity index (χ3n) is 5.12. The van der Waals surface area contributed by atoms with Crippen LogP contribution in [0.5, 0.6) is 5.75 Å². The van der Waals surface area contributed by atoms with Crippen molar-refractivity contribution in [3.63, 3.8) is 0 Å². The van der Waals surface area contributed by atoms with Gasteiger partial charge in [0.2, 0.25) is 15.9 Å². The monoisotopic (exact) mass is 465 g/mol. The number of aryl methyl sites for hydroxylation is 1. The van der Waals surface area contributed by atoms with Gasteiger partial charge in [-0.15, -0.1) is 0 Å². The lowest BCUT2D eigenvalue weighted by Gasteiger charge is -2.21. The number of anilines is 1. The molecule has 1 amide bonds. The van der Waals surface area contributed by atoms with Gasteiger partial charge in [0, 0.05) is 19.2 Å². The summed E-state index contributed by atoms with van der Waals surface area (Å²) in [5.74, 6) is -1.24. The van der Waals surface area contributed by atoms with Gasteiger partial charge in [-0.3, -0.25) is 10.1 Å². The summed E-state index contributed by atoms with van der Waals surface area (Å²) < 4.78 is 43.0. The molecule has 10 nitrogen and oxygen atoms in total. The number of ether oxygens (including phenoxy) is 2. The fourth-order valence-electron chi connectivity index (χ4n) is 3.36. The summed E-state index contributed by atoms with van der Waals surface area (Å²) in [5.41, 5.74) is 0.496. The van der Waals surface area contributed by atoms with Gasteiger partial charge in [-0.05, 0) is 44.9 Å².